The van der Waals surface area contributed by atoms with E-state index in [0.717, 1.165) is 6.07 Å². The first-order valence-corrected chi connectivity index (χ1v) is 5.87. The van der Waals surface area contributed by atoms with Crippen LogP contribution in [0, 0.1) is 5.82 Å². The highest BCUT2D eigenvalue weighted by Crippen LogP contribution is 2.19. The van der Waals surface area contributed by atoms with Gasteiger partial charge in [-0.1, -0.05) is 0 Å². The van der Waals surface area contributed by atoms with Crippen LogP contribution in [0.5, 0.6) is 5.75 Å². The second-order valence-corrected chi connectivity index (χ2v) is 4.10. The standard InChI is InChI=1S/C14H11F3N2O2/c15-12-6-1-8(18)7-11(12)13(20)19-9-2-4-10(5-3-9)21-14(16)17/h1-7,14H,18H2,(H,19,20). The highest BCUT2D eigenvalue weighted by atomic mass is 19.3. The predicted molar refractivity (Wildman–Crippen MR) is 71.8 cm³/mol. The van der Waals surface area contributed by atoms with Gasteiger partial charge in [-0.3, -0.25) is 4.79 Å². The summed E-state index contributed by atoms with van der Waals surface area (Å²) in [6.45, 7) is -2.92. The second kappa shape index (κ2) is 6.17. The Morgan fingerprint density at radius 1 is 1.14 bits per heavy atom. The molecule has 0 saturated heterocycles. The largest absolute Gasteiger partial charge is 0.435 e. The van der Waals surface area contributed by atoms with Crippen LogP contribution < -0.4 is 15.8 Å². The van der Waals surface area contributed by atoms with Crippen molar-refractivity contribution in [1.29, 1.82) is 0 Å². The fraction of sp³-hybridized carbons (Fsp3) is 0.0714. The van der Waals surface area contributed by atoms with Gasteiger partial charge in [-0.05, 0) is 42.5 Å². The molecule has 0 heterocycles. The minimum Gasteiger partial charge on any atom is -0.435 e. The third-order valence-electron chi connectivity index (χ3n) is 2.57. The van der Waals surface area contributed by atoms with Gasteiger partial charge in [-0.2, -0.15) is 8.78 Å². The third kappa shape index (κ3) is 3.88. The molecule has 0 radical (unpaired) electrons. The third-order valence-corrected chi connectivity index (χ3v) is 2.57. The highest BCUT2D eigenvalue weighted by molar-refractivity contribution is 6.04. The molecule has 1 amide bonds. The quantitative estimate of drug-likeness (QED) is 0.851. The molecule has 3 N–H and O–H groups in total. The van der Waals surface area contributed by atoms with E-state index in [-0.39, 0.29) is 17.0 Å². The Kier molecular flexibility index (Phi) is 4.32. The number of hydrogen-bond donors (Lipinski definition) is 2. The average molecular weight is 296 g/mol. The SMILES string of the molecule is Nc1ccc(F)c(C(=O)Nc2ccc(OC(F)F)cc2)c1. The lowest BCUT2D eigenvalue weighted by molar-refractivity contribution is -0.0498. The van der Waals surface area contributed by atoms with E-state index in [1.807, 2.05) is 0 Å². The molecule has 2 rings (SSSR count). The van der Waals surface area contributed by atoms with Crippen LogP contribution in [0.2, 0.25) is 0 Å². The van der Waals surface area contributed by atoms with Crippen LogP contribution in [0.4, 0.5) is 24.5 Å². The van der Waals surface area contributed by atoms with Gasteiger partial charge in [-0.15, -0.1) is 0 Å². The zero-order valence-electron chi connectivity index (χ0n) is 10.6. The first-order valence-electron chi connectivity index (χ1n) is 5.87. The maximum absolute atomic E-state index is 13.5. The number of hydrogen-bond acceptors (Lipinski definition) is 3. The molecule has 0 bridgehead atoms. The zero-order chi connectivity index (χ0) is 15.4. The number of halogens is 3. The van der Waals surface area contributed by atoms with Gasteiger partial charge < -0.3 is 15.8 Å². The number of amides is 1. The summed E-state index contributed by atoms with van der Waals surface area (Å²) in [5, 5.41) is 2.43. The molecule has 0 atom stereocenters. The number of nitrogens with two attached hydrogens (primary N) is 1. The van der Waals surface area contributed by atoms with E-state index in [4.69, 9.17) is 5.73 Å². The Balaban J connectivity index is 2.10. The van der Waals surface area contributed by atoms with Crippen LogP contribution >= 0.6 is 0 Å². The van der Waals surface area contributed by atoms with Gasteiger partial charge in [0.1, 0.15) is 11.6 Å². The van der Waals surface area contributed by atoms with Gasteiger partial charge in [0.2, 0.25) is 0 Å². The molecule has 0 aliphatic carbocycles. The molecule has 110 valence electrons. The number of ether oxygens (including phenoxy) is 1. The summed E-state index contributed by atoms with van der Waals surface area (Å²) in [6.07, 6.45) is 0. The van der Waals surface area contributed by atoms with E-state index in [1.54, 1.807) is 0 Å². The number of carbonyl (C=O) groups excluding carboxylic acids is 1. The van der Waals surface area contributed by atoms with E-state index in [2.05, 4.69) is 10.1 Å². The van der Waals surface area contributed by atoms with Crippen molar-refractivity contribution in [2.75, 3.05) is 11.1 Å². The van der Waals surface area contributed by atoms with Crippen molar-refractivity contribution in [2.24, 2.45) is 0 Å². The van der Waals surface area contributed by atoms with Crippen molar-refractivity contribution in [2.45, 2.75) is 6.61 Å². The van der Waals surface area contributed by atoms with Crippen molar-refractivity contribution in [3.05, 3.63) is 53.8 Å². The smallest absolute Gasteiger partial charge is 0.387 e. The summed E-state index contributed by atoms with van der Waals surface area (Å²) in [6, 6.07) is 8.87. The van der Waals surface area contributed by atoms with E-state index in [1.165, 1.54) is 36.4 Å². The Hall–Kier alpha value is -2.70. The Labute approximate surface area is 118 Å². The number of alkyl halides is 2. The monoisotopic (exact) mass is 296 g/mol. The maximum atomic E-state index is 13.5. The predicted octanol–water partition coefficient (Wildman–Crippen LogP) is 3.26. The van der Waals surface area contributed by atoms with Gasteiger partial charge in [0.15, 0.2) is 0 Å². The van der Waals surface area contributed by atoms with Crippen molar-refractivity contribution in [3.8, 4) is 5.75 Å². The molecule has 2 aromatic carbocycles. The van der Waals surface area contributed by atoms with Crippen LogP contribution in [-0.2, 0) is 0 Å². The molecule has 0 fully saturated rings. The molecule has 4 nitrogen and oxygen atoms in total. The van der Waals surface area contributed by atoms with Crippen LogP contribution in [0.3, 0.4) is 0 Å². The number of nitrogens with one attached hydrogen (secondary N) is 1. The second-order valence-electron chi connectivity index (χ2n) is 4.10. The minimum atomic E-state index is -2.92. The molecule has 0 aromatic heterocycles. The van der Waals surface area contributed by atoms with E-state index in [0.29, 0.717) is 5.69 Å². The van der Waals surface area contributed by atoms with Crippen molar-refractivity contribution >= 4 is 17.3 Å². The summed E-state index contributed by atoms with van der Waals surface area (Å²) >= 11 is 0. The Morgan fingerprint density at radius 2 is 1.81 bits per heavy atom. The number of nitrogen functional groups attached to an aromatic ring is 1. The minimum absolute atomic E-state index is 0.0434. The van der Waals surface area contributed by atoms with Crippen molar-refractivity contribution in [1.82, 2.24) is 0 Å². The molecular weight excluding hydrogens is 285 g/mol. The molecule has 2 aromatic rings. The van der Waals surface area contributed by atoms with Gasteiger partial charge in [0, 0.05) is 11.4 Å². The molecule has 0 aliphatic rings. The van der Waals surface area contributed by atoms with Gasteiger partial charge in [0.25, 0.3) is 5.91 Å². The fourth-order valence-electron chi connectivity index (χ4n) is 1.64. The van der Waals surface area contributed by atoms with Crippen LogP contribution in [-0.4, -0.2) is 12.5 Å². The first-order chi connectivity index (χ1) is 9.95. The molecule has 0 unspecified atom stereocenters. The van der Waals surface area contributed by atoms with E-state index in [9.17, 15) is 18.0 Å². The normalized spacial score (nSPS) is 10.5. The lowest BCUT2D eigenvalue weighted by Gasteiger charge is -2.08. The Bertz CT molecular complexity index is 645. The molecular formula is C14H11F3N2O2. The molecule has 21 heavy (non-hydrogen) atoms. The molecule has 0 saturated carbocycles. The van der Waals surface area contributed by atoms with Gasteiger partial charge >= 0.3 is 6.61 Å². The zero-order valence-corrected chi connectivity index (χ0v) is 10.6. The topological polar surface area (TPSA) is 64.4 Å². The van der Waals surface area contributed by atoms with Crippen molar-refractivity contribution in [3.63, 3.8) is 0 Å². The number of rotatable bonds is 4. The Morgan fingerprint density at radius 3 is 2.43 bits per heavy atom. The fourth-order valence-corrected chi connectivity index (χ4v) is 1.64. The molecule has 7 heteroatoms. The summed E-state index contributed by atoms with van der Waals surface area (Å²) in [5.74, 6) is -1.44. The molecule has 0 spiro atoms. The summed E-state index contributed by atoms with van der Waals surface area (Å²) in [7, 11) is 0. The maximum Gasteiger partial charge on any atom is 0.387 e. The highest BCUT2D eigenvalue weighted by Gasteiger charge is 2.12. The first kappa shape index (κ1) is 14.7. The number of benzene rings is 2. The van der Waals surface area contributed by atoms with Gasteiger partial charge in [-0.25, -0.2) is 4.39 Å². The lowest BCUT2D eigenvalue weighted by atomic mass is 10.1. The summed E-state index contributed by atoms with van der Waals surface area (Å²) in [5.41, 5.74) is 5.85. The molecule has 0 aliphatic heterocycles. The van der Waals surface area contributed by atoms with E-state index >= 15 is 0 Å². The summed E-state index contributed by atoms with van der Waals surface area (Å²) < 4.78 is 41.7. The van der Waals surface area contributed by atoms with Crippen LogP contribution in [0.15, 0.2) is 42.5 Å². The number of carbonyl (C=O) groups is 1. The van der Waals surface area contributed by atoms with Gasteiger partial charge in [0.05, 0.1) is 5.56 Å². The van der Waals surface area contributed by atoms with E-state index < -0.39 is 18.3 Å². The van der Waals surface area contributed by atoms with Crippen LogP contribution in [0.1, 0.15) is 10.4 Å². The number of anilines is 2. The summed E-state index contributed by atoms with van der Waals surface area (Å²) in [4.78, 5) is 11.9. The lowest BCUT2D eigenvalue weighted by Crippen LogP contribution is -2.14. The average Bonchev–Trinajstić information content (AvgIpc) is 2.43. The van der Waals surface area contributed by atoms with Crippen molar-refractivity contribution < 1.29 is 22.7 Å². The van der Waals surface area contributed by atoms with Crippen LogP contribution in [0.25, 0.3) is 0 Å².